The zero-order chi connectivity index (χ0) is 17.0. The number of nitrogens with one attached hydrogen (secondary N) is 1. The van der Waals surface area contributed by atoms with Crippen LogP contribution in [0.4, 0.5) is 0 Å². The number of H-pyrrole nitrogens is 1. The summed E-state index contributed by atoms with van der Waals surface area (Å²) in [6, 6.07) is 0. The highest BCUT2D eigenvalue weighted by molar-refractivity contribution is 5.28. The van der Waals surface area contributed by atoms with Gasteiger partial charge in [0.15, 0.2) is 0 Å². The van der Waals surface area contributed by atoms with Crippen LogP contribution in [0.5, 0.6) is 0 Å². The fourth-order valence-electron chi connectivity index (χ4n) is 2.89. The molecular formula is C20H38N2. The maximum absolute atomic E-state index is 5.09. The normalized spacial score (nSPS) is 14.4. The third-order valence-electron chi connectivity index (χ3n) is 5.42. The van der Waals surface area contributed by atoms with Gasteiger partial charge in [0.05, 0.1) is 5.69 Å². The number of hydrogen-bond acceptors (Lipinski definition) is 1. The van der Waals surface area contributed by atoms with E-state index in [2.05, 4.69) is 60.4 Å². The summed E-state index contributed by atoms with van der Waals surface area (Å²) in [7, 11) is 0. The van der Waals surface area contributed by atoms with Crippen LogP contribution in [-0.2, 0) is 10.8 Å². The van der Waals surface area contributed by atoms with Crippen LogP contribution in [0.2, 0.25) is 0 Å². The van der Waals surface area contributed by atoms with Crippen LogP contribution in [0.3, 0.4) is 0 Å². The first-order valence-electron chi connectivity index (χ1n) is 9.30. The number of hydrogen-bond donors (Lipinski definition) is 1. The van der Waals surface area contributed by atoms with E-state index in [1.165, 1.54) is 42.9 Å². The summed E-state index contributed by atoms with van der Waals surface area (Å²) >= 11 is 0. The van der Waals surface area contributed by atoms with E-state index in [0.29, 0.717) is 5.92 Å². The molecule has 0 aliphatic heterocycles. The molecule has 1 unspecified atom stereocenters. The zero-order valence-corrected chi connectivity index (χ0v) is 16.3. The molecule has 0 aromatic carbocycles. The summed E-state index contributed by atoms with van der Waals surface area (Å²) < 4.78 is 0. The van der Waals surface area contributed by atoms with E-state index in [0.717, 1.165) is 12.8 Å². The summed E-state index contributed by atoms with van der Waals surface area (Å²) in [5.41, 5.74) is 2.97. The van der Waals surface area contributed by atoms with E-state index in [1.807, 2.05) is 0 Å². The van der Waals surface area contributed by atoms with Crippen molar-refractivity contribution in [2.24, 2.45) is 0 Å². The Morgan fingerprint density at radius 1 is 1.00 bits per heavy atom. The lowest BCUT2D eigenvalue weighted by Crippen LogP contribution is -2.21. The van der Waals surface area contributed by atoms with Crippen LogP contribution in [0.25, 0.3) is 0 Å². The Hall–Kier alpha value is -0.790. The van der Waals surface area contributed by atoms with Crippen molar-refractivity contribution in [3.8, 4) is 0 Å². The molecule has 1 aromatic rings. The van der Waals surface area contributed by atoms with E-state index in [1.54, 1.807) is 0 Å². The summed E-state index contributed by atoms with van der Waals surface area (Å²) in [4.78, 5) is 8.83. The number of unbranched alkanes of at least 4 members (excludes halogenated alkanes) is 2. The Morgan fingerprint density at radius 3 is 2.14 bits per heavy atom. The second-order valence-corrected chi connectivity index (χ2v) is 8.23. The number of imidazole rings is 1. The van der Waals surface area contributed by atoms with Crippen LogP contribution in [0.1, 0.15) is 117 Å². The smallest absolute Gasteiger partial charge is 0.112 e. The highest BCUT2D eigenvalue weighted by Gasteiger charge is 2.31. The first kappa shape index (κ1) is 19.3. The first-order chi connectivity index (χ1) is 10.2. The van der Waals surface area contributed by atoms with Crippen LogP contribution in [-0.4, -0.2) is 9.97 Å². The van der Waals surface area contributed by atoms with Crippen LogP contribution >= 0.6 is 0 Å². The fourth-order valence-corrected chi connectivity index (χ4v) is 2.89. The Labute approximate surface area is 138 Å². The maximum Gasteiger partial charge on any atom is 0.112 e. The predicted molar refractivity (Wildman–Crippen MR) is 97.8 cm³/mol. The molecule has 0 bridgehead atoms. The average molecular weight is 307 g/mol. The lowest BCUT2D eigenvalue weighted by molar-refractivity contribution is 0.424. The van der Waals surface area contributed by atoms with Gasteiger partial charge in [-0.25, -0.2) is 4.98 Å². The molecule has 0 saturated carbocycles. The molecule has 0 saturated heterocycles. The van der Waals surface area contributed by atoms with Crippen LogP contribution in [0, 0.1) is 0 Å². The van der Waals surface area contributed by atoms with Gasteiger partial charge in [-0.05, 0) is 25.2 Å². The number of aromatic amines is 1. The average Bonchev–Trinajstić information content (AvgIpc) is 2.93. The molecule has 0 fully saturated rings. The van der Waals surface area contributed by atoms with Gasteiger partial charge in [-0.2, -0.15) is 0 Å². The lowest BCUT2D eigenvalue weighted by atomic mass is 9.83. The van der Waals surface area contributed by atoms with Gasteiger partial charge in [-0.15, -0.1) is 0 Å². The van der Waals surface area contributed by atoms with Gasteiger partial charge in [-0.1, -0.05) is 74.7 Å². The molecule has 22 heavy (non-hydrogen) atoms. The minimum Gasteiger partial charge on any atom is -0.345 e. The van der Waals surface area contributed by atoms with Crippen molar-refractivity contribution in [3.05, 3.63) is 17.2 Å². The number of rotatable bonds is 9. The highest BCUT2D eigenvalue weighted by Crippen LogP contribution is 2.36. The van der Waals surface area contributed by atoms with Gasteiger partial charge >= 0.3 is 0 Å². The predicted octanol–water partition coefficient (Wildman–Crippen LogP) is 6.47. The molecule has 2 heteroatoms. The van der Waals surface area contributed by atoms with E-state index in [4.69, 9.17) is 4.98 Å². The lowest BCUT2D eigenvalue weighted by Gasteiger charge is -2.25. The van der Waals surface area contributed by atoms with Crippen molar-refractivity contribution in [2.75, 3.05) is 0 Å². The minimum atomic E-state index is 0.138. The summed E-state index contributed by atoms with van der Waals surface area (Å²) in [5.74, 6) is 1.72. The molecule has 2 nitrogen and oxygen atoms in total. The van der Waals surface area contributed by atoms with Gasteiger partial charge in [0.25, 0.3) is 0 Å². The SMILES string of the molecule is CCCCCC(C)(C)c1nc(C(C)CC)c(C(C)(C)CC)[nH]1. The van der Waals surface area contributed by atoms with Gasteiger partial charge < -0.3 is 4.98 Å². The van der Waals surface area contributed by atoms with Gasteiger partial charge in [0, 0.05) is 16.5 Å². The molecule has 0 radical (unpaired) electrons. The molecule has 1 atom stereocenters. The van der Waals surface area contributed by atoms with Gasteiger partial charge in [0.1, 0.15) is 5.82 Å². The quantitative estimate of drug-likeness (QED) is 0.520. The fraction of sp³-hybridized carbons (Fsp3) is 0.850. The van der Waals surface area contributed by atoms with Gasteiger partial charge in [-0.3, -0.25) is 0 Å². The van der Waals surface area contributed by atoms with Gasteiger partial charge in [0.2, 0.25) is 0 Å². The molecule has 0 aliphatic carbocycles. The number of aromatic nitrogens is 2. The highest BCUT2D eigenvalue weighted by atomic mass is 15.0. The van der Waals surface area contributed by atoms with E-state index in [-0.39, 0.29) is 10.8 Å². The largest absolute Gasteiger partial charge is 0.345 e. The third-order valence-corrected chi connectivity index (χ3v) is 5.42. The molecule has 128 valence electrons. The molecule has 1 heterocycles. The molecule has 1 aromatic heterocycles. The van der Waals surface area contributed by atoms with Crippen molar-refractivity contribution in [3.63, 3.8) is 0 Å². The molecule has 1 N–H and O–H groups in total. The first-order valence-corrected chi connectivity index (χ1v) is 9.30. The Kier molecular flexibility index (Phi) is 6.70. The summed E-state index contributed by atoms with van der Waals surface area (Å²) in [6.07, 6.45) is 7.37. The molecule has 0 amide bonds. The molecule has 1 rings (SSSR count). The molecule has 0 aliphatic rings. The molecular weight excluding hydrogens is 268 g/mol. The minimum absolute atomic E-state index is 0.138. The van der Waals surface area contributed by atoms with Crippen LogP contribution < -0.4 is 0 Å². The van der Waals surface area contributed by atoms with E-state index < -0.39 is 0 Å². The van der Waals surface area contributed by atoms with Crippen molar-refractivity contribution in [1.82, 2.24) is 9.97 Å². The van der Waals surface area contributed by atoms with Crippen LogP contribution in [0.15, 0.2) is 0 Å². The standard InChI is InChI=1S/C20H38N2/c1-9-12-13-14-20(7,8)18-21-16(15(4)10-2)17(22-18)19(5,6)11-3/h15H,9-14H2,1-8H3,(H,21,22). The van der Waals surface area contributed by atoms with Crippen molar-refractivity contribution in [1.29, 1.82) is 0 Å². The van der Waals surface area contributed by atoms with Crippen molar-refractivity contribution < 1.29 is 0 Å². The second-order valence-electron chi connectivity index (χ2n) is 8.23. The summed E-state index contributed by atoms with van der Waals surface area (Å²) in [5, 5.41) is 0. The Balaban J connectivity index is 3.17. The van der Waals surface area contributed by atoms with E-state index >= 15 is 0 Å². The van der Waals surface area contributed by atoms with Crippen molar-refractivity contribution in [2.45, 2.75) is 111 Å². The zero-order valence-electron chi connectivity index (χ0n) is 16.3. The number of nitrogens with zero attached hydrogens (tertiary/aromatic N) is 1. The maximum atomic E-state index is 5.09. The second kappa shape index (κ2) is 7.66. The van der Waals surface area contributed by atoms with E-state index in [9.17, 15) is 0 Å². The topological polar surface area (TPSA) is 28.7 Å². The Morgan fingerprint density at radius 2 is 1.64 bits per heavy atom. The third kappa shape index (κ3) is 4.36. The monoisotopic (exact) mass is 306 g/mol. The van der Waals surface area contributed by atoms with Crippen molar-refractivity contribution >= 4 is 0 Å². The molecule has 0 spiro atoms. The summed E-state index contributed by atoms with van der Waals surface area (Å²) in [6.45, 7) is 18.4. The Bertz CT molecular complexity index is 454.